The Hall–Kier alpha value is -1.35. The van der Waals surface area contributed by atoms with Gasteiger partial charge in [-0.1, -0.05) is 13.3 Å². The maximum atomic E-state index is 11.9. The Morgan fingerprint density at radius 2 is 1.89 bits per heavy atom. The minimum Gasteiger partial charge on any atom is -0.369 e. The quantitative estimate of drug-likeness (QED) is 0.810. The normalized spacial score (nSPS) is 15.7. The monoisotopic (exact) mass is 246 g/mol. The molecule has 0 radical (unpaired) electrons. The lowest BCUT2D eigenvalue weighted by Gasteiger charge is -2.29. The van der Waals surface area contributed by atoms with Gasteiger partial charge in [-0.3, -0.25) is 4.79 Å². The molecule has 18 heavy (non-hydrogen) atoms. The van der Waals surface area contributed by atoms with Crippen LogP contribution in [0.4, 0.5) is 5.69 Å². The predicted molar refractivity (Wildman–Crippen MR) is 75.4 cm³/mol. The number of Topliss-reactive ketones (excluding diaryl/α,β-unsaturated/α-hetero) is 1. The number of rotatable bonds is 5. The molecule has 1 saturated heterocycles. The third-order valence-corrected chi connectivity index (χ3v) is 3.43. The van der Waals surface area contributed by atoms with Crippen LogP contribution < -0.4 is 10.2 Å². The first-order valence-electron chi connectivity index (χ1n) is 6.90. The van der Waals surface area contributed by atoms with Crippen molar-refractivity contribution in [3.05, 3.63) is 29.8 Å². The van der Waals surface area contributed by atoms with Gasteiger partial charge in [0.25, 0.3) is 0 Å². The van der Waals surface area contributed by atoms with Crippen LogP contribution in [0, 0.1) is 0 Å². The number of hydrogen-bond donors (Lipinski definition) is 1. The summed E-state index contributed by atoms with van der Waals surface area (Å²) < 4.78 is 0. The van der Waals surface area contributed by atoms with E-state index < -0.39 is 0 Å². The van der Waals surface area contributed by atoms with Crippen LogP contribution >= 0.6 is 0 Å². The first-order chi connectivity index (χ1) is 8.81. The number of piperazine rings is 1. The highest BCUT2D eigenvalue weighted by atomic mass is 16.1. The summed E-state index contributed by atoms with van der Waals surface area (Å²) in [5.41, 5.74) is 2.07. The van der Waals surface area contributed by atoms with E-state index in [1.54, 1.807) is 0 Å². The summed E-state index contributed by atoms with van der Waals surface area (Å²) in [7, 11) is 0. The highest BCUT2D eigenvalue weighted by Gasteiger charge is 2.11. The first kappa shape index (κ1) is 13.1. The summed E-state index contributed by atoms with van der Waals surface area (Å²) in [5, 5.41) is 3.34. The second-order valence-corrected chi connectivity index (χ2v) is 4.81. The van der Waals surface area contributed by atoms with Gasteiger partial charge in [0.2, 0.25) is 0 Å². The highest BCUT2D eigenvalue weighted by Crippen LogP contribution is 2.17. The molecule has 3 heteroatoms. The molecular weight excluding hydrogens is 224 g/mol. The van der Waals surface area contributed by atoms with Crippen LogP contribution in [0.15, 0.2) is 24.3 Å². The molecule has 1 N–H and O–H groups in total. The molecule has 1 aliphatic heterocycles. The molecule has 3 nitrogen and oxygen atoms in total. The van der Waals surface area contributed by atoms with E-state index in [2.05, 4.69) is 29.3 Å². The van der Waals surface area contributed by atoms with Crippen molar-refractivity contribution in [3.8, 4) is 0 Å². The zero-order valence-corrected chi connectivity index (χ0v) is 11.1. The third kappa shape index (κ3) is 3.33. The summed E-state index contributed by atoms with van der Waals surface area (Å²) >= 11 is 0. The minimum absolute atomic E-state index is 0.267. The van der Waals surface area contributed by atoms with Gasteiger partial charge in [0, 0.05) is 43.9 Å². The summed E-state index contributed by atoms with van der Waals surface area (Å²) in [6, 6.07) is 8.08. The Kier molecular flexibility index (Phi) is 4.76. The molecular formula is C15H22N2O. The van der Waals surface area contributed by atoms with Gasteiger partial charge in [0.05, 0.1) is 0 Å². The summed E-state index contributed by atoms with van der Waals surface area (Å²) in [4.78, 5) is 14.2. The summed E-state index contributed by atoms with van der Waals surface area (Å²) in [6.45, 7) is 6.28. The molecule has 0 aliphatic carbocycles. The van der Waals surface area contributed by atoms with E-state index in [1.807, 2.05) is 12.1 Å². The van der Waals surface area contributed by atoms with Crippen molar-refractivity contribution in [2.24, 2.45) is 0 Å². The van der Waals surface area contributed by atoms with Gasteiger partial charge in [0.1, 0.15) is 0 Å². The molecule has 0 unspecified atom stereocenters. The van der Waals surface area contributed by atoms with Gasteiger partial charge in [0.15, 0.2) is 5.78 Å². The number of anilines is 1. The van der Waals surface area contributed by atoms with Crippen LogP contribution in [0.5, 0.6) is 0 Å². The molecule has 0 aromatic heterocycles. The number of nitrogens with zero attached hydrogens (tertiary/aromatic N) is 1. The van der Waals surface area contributed by atoms with Crippen molar-refractivity contribution in [2.75, 3.05) is 31.1 Å². The lowest BCUT2D eigenvalue weighted by atomic mass is 10.1. The molecule has 1 heterocycles. The highest BCUT2D eigenvalue weighted by molar-refractivity contribution is 5.96. The molecule has 0 spiro atoms. The summed E-state index contributed by atoms with van der Waals surface area (Å²) in [5.74, 6) is 0.267. The lowest BCUT2D eigenvalue weighted by Crippen LogP contribution is -2.43. The van der Waals surface area contributed by atoms with Crippen LogP contribution in [-0.2, 0) is 0 Å². The molecule has 0 saturated carbocycles. The van der Waals surface area contributed by atoms with Crippen molar-refractivity contribution < 1.29 is 4.79 Å². The number of unbranched alkanes of at least 4 members (excludes halogenated alkanes) is 1. The molecule has 1 aromatic rings. The van der Waals surface area contributed by atoms with Crippen LogP contribution in [0.2, 0.25) is 0 Å². The smallest absolute Gasteiger partial charge is 0.162 e. The third-order valence-electron chi connectivity index (χ3n) is 3.43. The van der Waals surface area contributed by atoms with Crippen molar-refractivity contribution in [1.29, 1.82) is 0 Å². The Balaban J connectivity index is 1.98. The first-order valence-corrected chi connectivity index (χ1v) is 6.90. The van der Waals surface area contributed by atoms with E-state index in [-0.39, 0.29) is 5.78 Å². The Morgan fingerprint density at radius 3 is 2.50 bits per heavy atom. The molecule has 0 atom stereocenters. The largest absolute Gasteiger partial charge is 0.369 e. The van der Waals surface area contributed by atoms with Gasteiger partial charge in [-0.2, -0.15) is 0 Å². The van der Waals surface area contributed by atoms with Crippen molar-refractivity contribution in [3.63, 3.8) is 0 Å². The Morgan fingerprint density at radius 1 is 1.22 bits per heavy atom. The van der Waals surface area contributed by atoms with Crippen molar-refractivity contribution >= 4 is 11.5 Å². The van der Waals surface area contributed by atoms with Crippen LogP contribution in [0.1, 0.15) is 36.5 Å². The summed E-state index contributed by atoms with van der Waals surface area (Å²) in [6.07, 6.45) is 2.73. The lowest BCUT2D eigenvalue weighted by molar-refractivity contribution is 0.0980. The second kappa shape index (κ2) is 6.55. The maximum Gasteiger partial charge on any atom is 0.162 e. The fraction of sp³-hybridized carbons (Fsp3) is 0.533. The molecule has 1 aromatic carbocycles. The van der Waals surface area contributed by atoms with E-state index in [9.17, 15) is 4.79 Å². The Bertz CT molecular complexity index is 380. The second-order valence-electron chi connectivity index (χ2n) is 4.81. The number of benzene rings is 1. The minimum atomic E-state index is 0.267. The van der Waals surface area contributed by atoms with Crippen LogP contribution in [0.3, 0.4) is 0 Å². The van der Waals surface area contributed by atoms with Crippen LogP contribution in [0.25, 0.3) is 0 Å². The predicted octanol–water partition coefficient (Wildman–Crippen LogP) is 2.47. The average Bonchev–Trinajstić information content (AvgIpc) is 2.46. The maximum absolute atomic E-state index is 11.9. The van der Waals surface area contributed by atoms with E-state index in [1.165, 1.54) is 5.69 Å². The van der Waals surface area contributed by atoms with Crippen molar-refractivity contribution in [1.82, 2.24) is 5.32 Å². The zero-order valence-electron chi connectivity index (χ0n) is 11.1. The number of carbonyl (C=O) groups is 1. The molecule has 1 fully saturated rings. The SMILES string of the molecule is CCCCC(=O)c1ccc(N2CCNCC2)cc1. The zero-order chi connectivity index (χ0) is 12.8. The molecule has 2 rings (SSSR count). The van der Waals surface area contributed by atoms with Gasteiger partial charge < -0.3 is 10.2 Å². The van der Waals surface area contributed by atoms with Gasteiger partial charge in [-0.05, 0) is 30.7 Å². The standard InChI is InChI=1S/C15H22N2O/c1-2-3-4-15(18)13-5-7-14(8-6-13)17-11-9-16-10-12-17/h5-8,16H,2-4,9-12H2,1H3. The van der Waals surface area contributed by atoms with E-state index in [0.717, 1.165) is 44.6 Å². The fourth-order valence-corrected chi connectivity index (χ4v) is 2.26. The Labute approximate surface area is 109 Å². The van der Waals surface area contributed by atoms with Gasteiger partial charge >= 0.3 is 0 Å². The molecule has 0 amide bonds. The molecule has 0 bridgehead atoms. The number of ketones is 1. The average molecular weight is 246 g/mol. The van der Waals surface area contributed by atoms with E-state index >= 15 is 0 Å². The molecule has 98 valence electrons. The topological polar surface area (TPSA) is 32.3 Å². The number of carbonyl (C=O) groups excluding carboxylic acids is 1. The number of nitrogens with one attached hydrogen (secondary N) is 1. The van der Waals surface area contributed by atoms with Crippen LogP contribution in [-0.4, -0.2) is 32.0 Å². The number of hydrogen-bond acceptors (Lipinski definition) is 3. The molecule has 1 aliphatic rings. The van der Waals surface area contributed by atoms with E-state index in [4.69, 9.17) is 0 Å². The van der Waals surface area contributed by atoms with Gasteiger partial charge in [-0.15, -0.1) is 0 Å². The van der Waals surface area contributed by atoms with E-state index in [0.29, 0.717) is 6.42 Å². The fourth-order valence-electron chi connectivity index (χ4n) is 2.26. The van der Waals surface area contributed by atoms with Gasteiger partial charge in [-0.25, -0.2) is 0 Å². The van der Waals surface area contributed by atoms with Crippen molar-refractivity contribution in [2.45, 2.75) is 26.2 Å².